The van der Waals surface area contributed by atoms with Gasteiger partial charge in [0.05, 0.1) is 13.7 Å². The summed E-state index contributed by atoms with van der Waals surface area (Å²) in [5.74, 6) is 0.413. The molecule has 1 aromatic heterocycles. The summed E-state index contributed by atoms with van der Waals surface area (Å²) in [4.78, 5) is 13.9. The molecular weight excluding hydrogens is 360 g/mol. The predicted octanol–water partition coefficient (Wildman–Crippen LogP) is 2.34. The van der Waals surface area contributed by atoms with Gasteiger partial charge in [0.1, 0.15) is 9.96 Å². The number of sulfonamides is 1. The van der Waals surface area contributed by atoms with Crippen molar-refractivity contribution in [3.8, 4) is 5.75 Å². The Morgan fingerprint density at radius 1 is 1.24 bits per heavy atom. The SMILES string of the molecule is COc1ccc(C)cc1CN(C)C(=O)CN(C)S(=O)(=O)c1cccs1. The minimum Gasteiger partial charge on any atom is -0.496 e. The third-order valence-corrected chi connectivity index (χ3v) is 6.96. The molecular formula is C17H22N2O4S2. The average Bonchev–Trinajstić information content (AvgIpc) is 3.10. The van der Waals surface area contributed by atoms with Crippen LogP contribution >= 0.6 is 11.3 Å². The van der Waals surface area contributed by atoms with Gasteiger partial charge in [-0.05, 0) is 24.4 Å². The molecule has 136 valence electrons. The summed E-state index contributed by atoms with van der Waals surface area (Å²) in [6, 6.07) is 8.95. The lowest BCUT2D eigenvalue weighted by Crippen LogP contribution is -2.38. The predicted molar refractivity (Wildman–Crippen MR) is 98.3 cm³/mol. The summed E-state index contributed by atoms with van der Waals surface area (Å²) in [5, 5.41) is 1.69. The minimum absolute atomic E-state index is 0.217. The van der Waals surface area contributed by atoms with Crippen molar-refractivity contribution in [2.24, 2.45) is 0 Å². The van der Waals surface area contributed by atoms with Crippen LogP contribution in [-0.2, 0) is 21.4 Å². The second-order valence-electron chi connectivity index (χ2n) is 5.76. The molecule has 1 heterocycles. The Balaban J connectivity index is 2.07. The van der Waals surface area contributed by atoms with Crippen molar-refractivity contribution < 1.29 is 17.9 Å². The smallest absolute Gasteiger partial charge is 0.252 e. The van der Waals surface area contributed by atoms with E-state index in [1.807, 2.05) is 25.1 Å². The number of methoxy groups -OCH3 is 1. The number of rotatable bonds is 7. The molecule has 0 fully saturated rings. The molecule has 2 rings (SSSR count). The van der Waals surface area contributed by atoms with Gasteiger partial charge in [0, 0.05) is 26.2 Å². The molecule has 8 heteroatoms. The van der Waals surface area contributed by atoms with E-state index >= 15 is 0 Å². The number of aryl methyl sites for hydroxylation is 1. The molecule has 0 spiro atoms. The summed E-state index contributed by atoms with van der Waals surface area (Å²) in [5.41, 5.74) is 1.94. The third-order valence-electron chi connectivity index (χ3n) is 3.79. The van der Waals surface area contributed by atoms with Gasteiger partial charge in [0.25, 0.3) is 10.0 Å². The van der Waals surface area contributed by atoms with E-state index in [2.05, 4.69) is 0 Å². The van der Waals surface area contributed by atoms with Crippen molar-refractivity contribution in [1.29, 1.82) is 0 Å². The number of hydrogen-bond acceptors (Lipinski definition) is 5. The molecule has 0 saturated heterocycles. The fourth-order valence-corrected chi connectivity index (χ4v) is 4.66. The Morgan fingerprint density at radius 2 is 1.96 bits per heavy atom. The molecule has 0 atom stereocenters. The van der Waals surface area contributed by atoms with Gasteiger partial charge in [-0.15, -0.1) is 11.3 Å². The molecule has 0 N–H and O–H groups in total. The summed E-state index contributed by atoms with van der Waals surface area (Å²) >= 11 is 1.13. The molecule has 0 aliphatic carbocycles. The number of nitrogens with zero attached hydrogens (tertiary/aromatic N) is 2. The zero-order valence-corrected chi connectivity index (χ0v) is 16.4. The van der Waals surface area contributed by atoms with E-state index in [1.165, 1.54) is 18.0 Å². The van der Waals surface area contributed by atoms with Crippen LogP contribution < -0.4 is 4.74 Å². The Kier molecular flexibility index (Phi) is 6.21. The highest BCUT2D eigenvalue weighted by Crippen LogP contribution is 2.22. The Bertz CT molecular complexity index is 832. The first-order valence-corrected chi connectivity index (χ1v) is 9.95. The van der Waals surface area contributed by atoms with Crippen LogP contribution in [0, 0.1) is 6.92 Å². The number of amides is 1. The number of carbonyl (C=O) groups is 1. The van der Waals surface area contributed by atoms with Crippen LogP contribution in [0.15, 0.2) is 39.9 Å². The van der Waals surface area contributed by atoms with Gasteiger partial charge in [0.2, 0.25) is 5.91 Å². The summed E-state index contributed by atoms with van der Waals surface area (Å²) in [6.07, 6.45) is 0. The molecule has 2 aromatic rings. The third kappa shape index (κ3) is 4.59. The molecule has 0 saturated carbocycles. The molecule has 25 heavy (non-hydrogen) atoms. The van der Waals surface area contributed by atoms with Gasteiger partial charge in [-0.25, -0.2) is 8.42 Å². The molecule has 1 aromatic carbocycles. The number of ether oxygens (including phenoxy) is 1. The number of thiophene rings is 1. The van der Waals surface area contributed by atoms with Crippen molar-refractivity contribution >= 4 is 27.3 Å². The lowest BCUT2D eigenvalue weighted by Gasteiger charge is -2.22. The molecule has 0 aliphatic heterocycles. The Morgan fingerprint density at radius 3 is 2.56 bits per heavy atom. The van der Waals surface area contributed by atoms with Gasteiger partial charge in [0.15, 0.2) is 0 Å². The second kappa shape index (κ2) is 7.99. The van der Waals surface area contributed by atoms with Crippen LogP contribution in [0.1, 0.15) is 11.1 Å². The molecule has 0 unspecified atom stereocenters. The maximum absolute atomic E-state index is 12.4. The zero-order valence-electron chi connectivity index (χ0n) is 14.7. The van der Waals surface area contributed by atoms with Gasteiger partial charge < -0.3 is 9.64 Å². The first-order chi connectivity index (χ1) is 11.8. The number of benzene rings is 1. The maximum atomic E-state index is 12.4. The standard InChI is InChI=1S/C17H22N2O4S2/c1-13-7-8-15(23-4)14(10-13)11-18(2)16(20)12-19(3)25(21,22)17-6-5-9-24-17/h5-10H,11-12H2,1-4H3. The van der Waals surface area contributed by atoms with Crippen molar-refractivity contribution in [1.82, 2.24) is 9.21 Å². The molecule has 0 aliphatic rings. The first-order valence-electron chi connectivity index (χ1n) is 7.63. The van der Waals surface area contributed by atoms with E-state index in [9.17, 15) is 13.2 Å². The van der Waals surface area contributed by atoms with E-state index < -0.39 is 10.0 Å². The maximum Gasteiger partial charge on any atom is 0.252 e. The van der Waals surface area contributed by atoms with Crippen LogP contribution in [0.25, 0.3) is 0 Å². The van der Waals surface area contributed by atoms with E-state index in [0.717, 1.165) is 26.8 Å². The van der Waals surface area contributed by atoms with Gasteiger partial charge >= 0.3 is 0 Å². The zero-order chi connectivity index (χ0) is 18.6. The molecule has 6 nitrogen and oxygen atoms in total. The van der Waals surface area contributed by atoms with Crippen LogP contribution in [0.4, 0.5) is 0 Å². The van der Waals surface area contributed by atoms with Crippen molar-refractivity contribution in [2.75, 3.05) is 27.7 Å². The van der Waals surface area contributed by atoms with Crippen molar-refractivity contribution in [3.05, 3.63) is 46.8 Å². The molecule has 1 amide bonds. The van der Waals surface area contributed by atoms with Gasteiger partial charge in [-0.1, -0.05) is 23.8 Å². The second-order valence-corrected chi connectivity index (χ2v) is 8.98. The normalized spacial score (nSPS) is 11.6. The van der Waals surface area contributed by atoms with E-state index in [0.29, 0.717) is 12.3 Å². The van der Waals surface area contributed by atoms with Crippen LogP contribution in [0.2, 0.25) is 0 Å². The highest BCUT2D eigenvalue weighted by Gasteiger charge is 2.25. The number of hydrogen-bond donors (Lipinski definition) is 0. The van der Waals surface area contributed by atoms with Crippen molar-refractivity contribution in [2.45, 2.75) is 17.7 Å². The highest BCUT2D eigenvalue weighted by molar-refractivity contribution is 7.91. The fourth-order valence-electron chi connectivity index (χ4n) is 2.33. The van der Waals surface area contributed by atoms with Gasteiger partial charge in [-0.3, -0.25) is 4.79 Å². The van der Waals surface area contributed by atoms with E-state index in [4.69, 9.17) is 4.74 Å². The lowest BCUT2D eigenvalue weighted by atomic mass is 10.1. The van der Waals surface area contributed by atoms with Crippen LogP contribution in [-0.4, -0.2) is 51.3 Å². The number of likely N-dealkylation sites (N-methyl/N-ethyl adjacent to an activating group) is 2. The summed E-state index contributed by atoms with van der Waals surface area (Å²) in [7, 11) is 1.00. The minimum atomic E-state index is -3.64. The Hall–Kier alpha value is -1.90. The first kappa shape index (κ1) is 19.4. The fraction of sp³-hybridized carbons (Fsp3) is 0.353. The van der Waals surface area contributed by atoms with Crippen LogP contribution in [0.3, 0.4) is 0 Å². The summed E-state index contributed by atoms with van der Waals surface area (Å²) in [6.45, 7) is 2.09. The quantitative estimate of drug-likeness (QED) is 0.737. The lowest BCUT2D eigenvalue weighted by molar-refractivity contribution is -0.130. The highest BCUT2D eigenvalue weighted by atomic mass is 32.2. The monoisotopic (exact) mass is 382 g/mol. The van der Waals surface area contributed by atoms with E-state index in [-0.39, 0.29) is 16.7 Å². The average molecular weight is 383 g/mol. The largest absolute Gasteiger partial charge is 0.496 e. The van der Waals surface area contributed by atoms with Crippen LogP contribution in [0.5, 0.6) is 5.75 Å². The van der Waals surface area contributed by atoms with E-state index in [1.54, 1.807) is 25.6 Å². The van der Waals surface area contributed by atoms with Crippen molar-refractivity contribution in [3.63, 3.8) is 0 Å². The molecule has 0 radical (unpaired) electrons. The van der Waals surface area contributed by atoms with Gasteiger partial charge in [-0.2, -0.15) is 4.31 Å². The number of carbonyl (C=O) groups excluding carboxylic acids is 1. The summed E-state index contributed by atoms with van der Waals surface area (Å²) < 4.78 is 31.4. The molecule has 0 bridgehead atoms. The topological polar surface area (TPSA) is 66.9 Å². The Labute approximate surface area is 152 Å².